The Bertz CT molecular complexity index is 809. The number of phenolic OH excluding ortho intramolecular Hbond substituents is 1. The molecule has 0 heterocycles. The molecule has 0 atom stereocenters. The van der Waals surface area contributed by atoms with Crippen LogP contribution in [0, 0.1) is 6.92 Å². The molecule has 1 N–H and O–H groups in total. The zero-order valence-electron chi connectivity index (χ0n) is 15.3. The molecule has 7 heteroatoms. The topological polar surface area (TPSA) is 20.2 Å². The average molecular weight is 390 g/mol. The van der Waals surface area contributed by atoms with Crippen molar-refractivity contribution in [3.05, 3.63) is 63.7 Å². The molecule has 1 nitrogen and oxygen atoms in total. The molecule has 0 bridgehead atoms. The van der Waals surface area contributed by atoms with Crippen LogP contribution < -0.4 is 0 Å². The summed E-state index contributed by atoms with van der Waals surface area (Å²) in [4.78, 5) is 0. The van der Waals surface area contributed by atoms with Crippen LogP contribution >= 0.6 is 0 Å². The highest BCUT2D eigenvalue weighted by atomic mass is 19.4. The number of alkyl halides is 6. The number of rotatable bonds is 2. The predicted octanol–water partition coefficient (Wildman–Crippen LogP) is 6.63. The molecule has 0 aromatic heterocycles. The van der Waals surface area contributed by atoms with E-state index in [0.717, 1.165) is 5.56 Å². The van der Waals surface area contributed by atoms with Crippen molar-refractivity contribution in [2.45, 2.75) is 51.9 Å². The van der Waals surface area contributed by atoms with Crippen molar-refractivity contribution in [1.29, 1.82) is 0 Å². The van der Waals surface area contributed by atoms with Gasteiger partial charge in [-0.2, -0.15) is 26.3 Å². The molecule has 148 valence electrons. The maximum atomic E-state index is 13.0. The molecule has 0 aliphatic rings. The monoisotopic (exact) mass is 390 g/mol. The molecule has 0 fully saturated rings. The predicted molar refractivity (Wildman–Crippen MR) is 90.8 cm³/mol. The highest BCUT2D eigenvalue weighted by Crippen LogP contribution is 2.39. The van der Waals surface area contributed by atoms with E-state index in [4.69, 9.17) is 0 Å². The number of hydrogen-bond acceptors (Lipinski definition) is 1. The van der Waals surface area contributed by atoms with Gasteiger partial charge >= 0.3 is 12.4 Å². The van der Waals surface area contributed by atoms with Gasteiger partial charge in [0.05, 0.1) is 11.1 Å². The zero-order valence-corrected chi connectivity index (χ0v) is 15.3. The Hall–Kier alpha value is -2.18. The molecule has 0 amide bonds. The van der Waals surface area contributed by atoms with Gasteiger partial charge in [0.15, 0.2) is 0 Å². The van der Waals surface area contributed by atoms with Gasteiger partial charge in [-0.1, -0.05) is 38.5 Å². The lowest BCUT2D eigenvalue weighted by Gasteiger charge is -2.23. The van der Waals surface area contributed by atoms with Gasteiger partial charge in [0, 0.05) is 6.42 Å². The molecule has 0 unspecified atom stereocenters. The Kier molecular flexibility index (Phi) is 5.29. The third-order valence-electron chi connectivity index (χ3n) is 4.18. The minimum Gasteiger partial charge on any atom is -0.507 e. The highest BCUT2D eigenvalue weighted by molar-refractivity contribution is 5.49. The van der Waals surface area contributed by atoms with Gasteiger partial charge in [0.2, 0.25) is 0 Å². The van der Waals surface area contributed by atoms with Crippen LogP contribution in [0.25, 0.3) is 0 Å². The first-order valence-corrected chi connectivity index (χ1v) is 8.20. The second kappa shape index (κ2) is 6.77. The summed E-state index contributed by atoms with van der Waals surface area (Å²) in [6.45, 7) is 7.33. The quantitative estimate of drug-likeness (QED) is 0.571. The summed E-state index contributed by atoms with van der Waals surface area (Å²) in [5, 5.41) is 10.5. The van der Waals surface area contributed by atoms with Crippen LogP contribution in [0.4, 0.5) is 26.3 Å². The van der Waals surface area contributed by atoms with Gasteiger partial charge in [0.1, 0.15) is 5.75 Å². The Morgan fingerprint density at radius 3 is 1.67 bits per heavy atom. The molecule has 0 spiro atoms. The van der Waals surface area contributed by atoms with E-state index < -0.39 is 28.9 Å². The Balaban J connectivity index is 2.59. The van der Waals surface area contributed by atoms with E-state index in [9.17, 15) is 31.4 Å². The summed E-state index contributed by atoms with van der Waals surface area (Å²) in [6.07, 6.45) is -10.0. The van der Waals surface area contributed by atoms with E-state index >= 15 is 0 Å². The molecule has 0 aliphatic heterocycles. The maximum Gasteiger partial charge on any atom is 0.416 e. The van der Waals surface area contributed by atoms with Crippen molar-refractivity contribution < 1.29 is 31.4 Å². The van der Waals surface area contributed by atoms with Crippen LogP contribution in [0.3, 0.4) is 0 Å². The number of benzene rings is 2. The first-order chi connectivity index (χ1) is 12.1. The lowest BCUT2D eigenvalue weighted by Crippen LogP contribution is -2.13. The summed E-state index contributed by atoms with van der Waals surface area (Å²) in [5.41, 5.74) is -1.71. The number of phenols is 1. The number of halogens is 6. The summed E-state index contributed by atoms with van der Waals surface area (Å²) >= 11 is 0. The summed E-state index contributed by atoms with van der Waals surface area (Å²) < 4.78 is 78.1. The van der Waals surface area contributed by atoms with Crippen LogP contribution in [-0.4, -0.2) is 5.11 Å². The SMILES string of the molecule is Cc1cc(Cc2cc(C(F)(F)F)cc(C(F)(F)F)c2)c(O)c(C(C)(C)C)c1. The molecular formula is C20H20F6O. The maximum absolute atomic E-state index is 13.0. The summed E-state index contributed by atoms with van der Waals surface area (Å²) in [6, 6.07) is 4.80. The van der Waals surface area contributed by atoms with Crippen molar-refractivity contribution in [3.8, 4) is 5.75 Å². The fraction of sp³-hybridized carbons (Fsp3) is 0.400. The van der Waals surface area contributed by atoms with E-state index in [1.807, 2.05) is 20.8 Å². The van der Waals surface area contributed by atoms with E-state index in [-0.39, 0.29) is 29.4 Å². The summed E-state index contributed by atoms with van der Waals surface area (Å²) in [5.74, 6) is -0.112. The van der Waals surface area contributed by atoms with Gasteiger partial charge < -0.3 is 5.11 Å². The van der Waals surface area contributed by atoms with E-state index in [2.05, 4.69) is 0 Å². The van der Waals surface area contributed by atoms with Gasteiger partial charge in [-0.3, -0.25) is 0 Å². The number of aromatic hydroxyl groups is 1. The normalized spacial score (nSPS) is 13.1. The highest BCUT2D eigenvalue weighted by Gasteiger charge is 2.37. The van der Waals surface area contributed by atoms with Crippen molar-refractivity contribution in [2.75, 3.05) is 0 Å². The molecule has 0 radical (unpaired) electrons. The molecule has 27 heavy (non-hydrogen) atoms. The van der Waals surface area contributed by atoms with Crippen molar-refractivity contribution in [1.82, 2.24) is 0 Å². The minimum absolute atomic E-state index is 0.0974. The second-order valence-electron chi connectivity index (χ2n) is 7.66. The Morgan fingerprint density at radius 2 is 1.26 bits per heavy atom. The molecule has 2 aromatic carbocycles. The smallest absolute Gasteiger partial charge is 0.416 e. The molecule has 0 saturated heterocycles. The summed E-state index contributed by atoms with van der Waals surface area (Å²) in [7, 11) is 0. The third-order valence-corrected chi connectivity index (χ3v) is 4.18. The van der Waals surface area contributed by atoms with Gasteiger partial charge in [-0.05, 0) is 47.2 Å². The average Bonchev–Trinajstić information content (AvgIpc) is 2.47. The fourth-order valence-electron chi connectivity index (χ4n) is 2.90. The first kappa shape index (κ1) is 21.1. The number of aryl methyl sites for hydroxylation is 1. The van der Waals surface area contributed by atoms with Crippen LogP contribution in [-0.2, 0) is 24.2 Å². The van der Waals surface area contributed by atoms with E-state index in [1.54, 1.807) is 19.1 Å². The van der Waals surface area contributed by atoms with Crippen molar-refractivity contribution in [2.24, 2.45) is 0 Å². The molecule has 2 aromatic rings. The van der Waals surface area contributed by atoms with Crippen LogP contribution in [0.2, 0.25) is 0 Å². The molecule has 0 aliphatic carbocycles. The number of hydrogen-bond donors (Lipinski definition) is 1. The van der Waals surface area contributed by atoms with Crippen LogP contribution in [0.1, 0.15) is 54.2 Å². The first-order valence-electron chi connectivity index (χ1n) is 8.20. The Labute approximate surface area is 153 Å². The van der Waals surface area contributed by atoms with Gasteiger partial charge in [0.25, 0.3) is 0 Å². The largest absolute Gasteiger partial charge is 0.507 e. The van der Waals surface area contributed by atoms with Crippen LogP contribution in [0.5, 0.6) is 5.75 Å². The zero-order chi connectivity index (χ0) is 20.8. The van der Waals surface area contributed by atoms with Crippen LogP contribution in [0.15, 0.2) is 30.3 Å². The van der Waals surface area contributed by atoms with E-state index in [1.165, 1.54) is 0 Å². The van der Waals surface area contributed by atoms with E-state index in [0.29, 0.717) is 17.7 Å². The molecule has 2 rings (SSSR count). The fourth-order valence-corrected chi connectivity index (χ4v) is 2.90. The standard InChI is InChI=1S/C20H20F6O/c1-11-5-13(17(27)16(6-11)18(2,3)4)7-12-8-14(19(21,22)23)10-15(9-12)20(24,25)26/h5-6,8-10,27H,7H2,1-4H3. The molecule has 0 saturated carbocycles. The second-order valence-corrected chi connectivity index (χ2v) is 7.66. The lowest BCUT2D eigenvalue weighted by molar-refractivity contribution is -0.143. The lowest BCUT2D eigenvalue weighted by atomic mass is 9.83. The van der Waals surface area contributed by atoms with Gasteiger partial charge in [-0.15, -0.1) is 0 Å². The minimum atomic E-state index is -4.90. The Morgan fingerprint density at radius 1 is 0.778 bits per heavy atom. The van der Waals surface area contributed by atoms with Gasteiger partial charge in [-0.25, -0.2) is 0 Å². The molecular weight excluding hydrogens is 370 g/mol. The third kappa shape index (κ3) is 4.96. The van der Waals surface area contributed by atoms with Crippen molar-refractivity contribution in [3.63, 3.8) is 0 Å². The van der Waals surface area contributed by atoms with Crippen molar-refractivity contribution >= 4 is 0 Å².